The number of carbonyl (C=O) groups excluding carboxylic acids is 2. The van der Waals surface area contributed by atoms with Crippen molar-refractivity contribution in [3.05, 3.63) is 23.8 Å². The number of rotatable bonds is 2. The molecular formula is C16H24N2O3. The third kappa shape index (κ3) is 4.17. The summed E-state index contributed by atoms with van der Waals surface area (Å²) in [6, 6.07) is 0.147. The van der Waals surface area contributed by atoms with Crippen molar-refractivity contribution in [1.29, 1.82) is 0 Å². The first kappa shape index (κ1) is 15.8. The van der Waals surface area contributed by atoms with E-state index in [1.807, 2.05) is 32.9 Å². The van der Waals surface area contributed by atoms with Gasteiger partial charge in [-0.1, -0.05) is 18.2 Å². The Morgan fingerprint density at radius 2 is 1.95 bits per heavy atom. The van der Waals surface area contributed by atoms with Gasteiger partial charge in [-0.15, -0.1) is 0 Å². The molecule has 0 aromatic rings. The quantitative estimate of drug-likeness (QED) is 0.730. The van der Waals surface area contributed by atoms with E-state index >= 15 is 0 Å². The predicted molar refractivity (Wildman–Crippen MR) is 81.1 cm³/mol. The monoisotopic (exact) mass is 292 g/mol. The fraction of sp³-hybridized carbons (Fsp3) is 0.625. The van der Waals surface area contributed by atoms with Gasteiger partial charge in [0.2, 0.25) is 0 Å². The van der Waals surface area contributed by atoms with E-state index < -0.39 is 5.60 Å². The van der Waals surface area contributed by atoms with Gasteiger partial charge in [0.15, 0.2) is 0 Å². The number of hydrogen-bond acceptors (Lipinski definition) is 4. The molecule has 1 saturated heterocycles. The van der Waals surface area contributed by atoms with Gasteiger partial charge in [0.25, 0.3) is 0 Å². The largest absolute Gasteiger partial charge is 0.444 e. The first-order chi connectivity index (χ1) is 9.90. The molecule has 0 spiro atoms. The van der Waals surface area contributed by atoms with Crippen LogP contribution in [0, 0.1) is 0 Å². The molecule has 1 aliphatic carbocycles. The summed E-state index contributed by atoms with van der Waals surface area (Å²) in [6.45, 7) is 8.43. The summed E-state index contributed by atoms with van der Waals surface area (Å²) in [7, 11) is 0. The molecule has 1 amide bonds. The SMILES string of the molecule is CC(C)(C)OC(=O)N1CCN([C@@H]2CC=CC=C2C=O)CC1. The molecule has 5 heteroatoms. The molecule has 0 bridgehead atoms. The van der Waals surface area contributed by atoms with Crippen LogP contribution in [-0.4, -0.2) is 60.0 Å². The van der Waals surface area contributed by atoms with Crippen LogP contribution in [0.25, 0.3) is 0 Å². The number of carbonyl (C=O) groups is 2. The third-order valence-corrected chi connectivity index (χ3v) is 3.71. The third-order valence-electron chi connectivity index (χ3n) is 3.71. The Bertz CT molecular complexity index is 455. The molecule has 1 heterocycles. The molecule has 0 N–H and O–H groups in total. The average molecular weight is 292 g/mol. The summed E-state index contributed by atoms with van der Waals surface area (Å²) in [5, 5.41) is 0. The molecular weight excluding hydrogens is 268 g/mol. The Kier molecular flexibility index (Phi) is 4.83. The highest BCUT2D eigenvalue weighted by molar-refractivity contribution is 5.76. The van der Waals surface area contributed by atoms with Crippen molar-refractivity contribution in [3.8, 4) is 0 Å². The first-order valence-corrected chi connectivity index (χ1v) is 7.44. The minimum atomic E-state index is -0.462. The van der Waals surface area contributed by atoms with Gasteiger partial charge in [-0.3, -0.25) is 9.69 Å². The summed E-state index contributed by atoms with van der Waals surface area (Å²) in [5.41, 5.74) is 0.360. The summed E-state index contributed by atoms with van der Waals surface area (Å²) in [5.74, 6) is 0. The second kappa shape index (κ2) is 6.43. The molecule has 0 saturated carbocycles. The van der Waals surface area contributed by atoms with Crippen LogP contribution in [-0.2, 0) is 9.53 Å². The van der Waals surface area contributed by atoms with Crippen LogP contribution >= 0.6 is 0 Å². The summed E-state index contributed by atoms with van der Waals surface area (Å²) in [6.07, 6.45) is 7.43. The van der Waals surface area contributed by atoms with Gasteiger partial charge in [-0.05, 0) is 27.2 Å². The van der Waals surface area contributed by atoms with Crippen molar-refractivity contribution in [2.45, 2.75) is 38.8 Å². The van der Waals surface area contributed by atoms with Gasteiger partial charge in [-0.25, -0.2) is 4.79 Å². The number of aldehydes is 1. The first-order valence-electron chi connectivity index (χ1n) is 7.44. The van der Waals surface area contributed by atoms with E-state index in [0.717, 1.165) is 31.4 Å². The van der Waals surface area contributed by atoms with Gasteiger partial charge in [-0.2, -0.15) is 0 Å². The van der Waals surface area contributed by atoms with Gasteiger partial charge in [0, 0.05) is 37.8 Å². The minimum Gasteiger partial charge on any atom is -0.444 e. The van der Waals surface area contributed by atoms with E-state index in [-0.39, 0.29) is 12.1 Å². The molecule has 5 nitrogen and oxygen atoms in total. The van der Waals surface area contributed by atoms with Gasteiger partial charge in [0.05, 0.1) is 0 Å². The Labute approximate surface area is 126 Å². The highest BCUT2D eigenvalue weighted by Crippen LogP contribution is 2.20. The van der Waals surface area contributed by atoms with Crippen LogP contribution < -0.4 is 0 Å². The number of allylic oxidation sites excluding steroid dienone is 2. The van der Waals surface area contributed by atoms with E-state index in [1.54, 1.807) is 4.90 Å². The molecule has 116 valence electrons. The molecule has 1 atom stereocenters. The van der Waals surface area contributed by atoms with E-state index in [1.165, 1.54) is 0 Å². The summed E-state index contributed by atoms with van der Waals surface area (Å²) >= 11 is 0. The molecule has 21 heavy (non-hydrogen) atoms. The molecule has 1 aliphatic heterocycles. The highest BCUT2D eigenvalue weighted by Gasteiger charge is 2.30. The normalized spacial score (nSPS) is 23.7. The standard InChI is InChI=1S/C16H24N2O3/c1-16(2,3)21-15(20)18-10-8-17(9-11-18)14-7-5-4-6-13(14)12-19/h4-6,12,14H,7-11H2,1-3H3/t14-/m1/s1. The lowest BCUT2D eigenvalue weighted by molar-refractivity contribution is -0.105. The number of hydrogen-bond donors (Lipinski definition) is 0. The van der Waals surface area contributed by atoms with Crippen LogP contribution in [0.4, 0.5) is 4.79 Å². The van der Waals surface area contributed by atoms with Gasteiger partial charge in [0.1, 0.15) is 11.9 Å². The lowest BCUT2D eigenvalue weighted by atomic mass is 9.98. The molecule has 0 unspecified atom stereocenters. The molecule has 2 aliphatic rings. The number of piperazine rings is 1. The highest BCUT2D eigenvalue weighted by atomic mass is 16.6. The fourth-order valence-corrected chi connectivity index (χ4v) is 2.65. The van der Waals surface area contributed by atoms with Crippen LogP contribution in [0.15, 0.2) is 23.8 Å². The van der Waals surface area contributed by atoms with E-state index in [4.69, 9.17) is 4.74 Å². The fourth-order valence-electron chi connectivity index (χ4n) is 2.65. The van der Waals surface area contributed by atoms with Crippen molar-refractivity contribution in [1.82, 2.24) is 9.80 Å². The predicted octanol–water partition coefficient (Wildman–Crippen LogP) is 1.99. The molecule has 2 rings (SSSR count). The number of nitrogens with zero attached hydrogens (tertiary/aromatic N) is 2. The maximum absolute atomic E-state index is 12.0. The van der Waals surface area contributed by atoms with Crippen molar-refractivity contribution in [3.63, 3.8) is 0 Å². The van der Waals surface area contributed by atoms with Crippen LogP contribution in [0.5, 0.6) is 0 Å². The Morgan fingerprint density at radius 3 is 2.52 bits per heavy atom. The van der Waals surface area contributed by atoms with Crippen molar-refractivity contribution in [2.24, 2.45) is 0 Å². The van der Waals surface area contributed by atoms with Crippen molar-refractivity contribution >= 4 is 12.4 Å². The average Bonchev–Trinajstić information content (AvgIpc) is 2.45. The van der Waals surface area contributed by atoms with E-state index in [9.17, 15) is 9.59 Å². The lowest BCUT2D eigenvalue weighted by Gasteiger charge is -2.40. The summed E-state index contributed by atoms with van der Waals surface area (Å²) in [4.78, 5) is 27.2. The van der Waals surface area contributed by atoms with Crippen LogP contribution in [0.2, 0.25) is 0 Å². The second-order valence-electron chi connectivity index (χ2n) is 6.47. The smallest absolute Gasteiger partial charge is 0.410 e. The minimum absolute atomic E-state index is 0.147. The molecule has 1 fully saturated rings. The zero-order valence-electron chi connectivity index (χ0n) is 13.0. The Hall–Kier alpha value is -1.62. The lowest BCUT2D eigenvalue weighted by Crippen LogP contribution is -2.53. The maximum atomic E-state index is 12.0. The van der Waals surface area contributed by atoms with Crippen molar-refractivity contribution in [2.75, 3.05) is 26.2 Å². The van der Waals surface area contributed by atoms with E-state index in [2.05, 4.69) is 11.0 Å². The Morgan fingerprint density at radius 1 is 1.29 bits per heavy atom. The van der Waals surface area contributed by atoms with Crippen molar-refractivity contribution < 1.29 is 14.3 Å². The van der Waals surface area contributed by atoms with Gasteiger partial charge < -0.3 is 9.64 Å². The zero-order chi connectivity index (χ0) is 15.5. The molecule has 0 aromatic carbocycles. The molecule has 0 aromatic heterocycles. The molecule has 0 radical (unpaired) electrons. The maximum Gasteiger partial charge on any atom is 0.410 e. The zero-order valence-corrected chi connectivity index (χ0v) is 13.0. The van der Waals surface area contributed by atoms with Gasteiger partial charge >= 0.3 is 6.09 Å². The van der Waals surface area contributed by atoms with Crippen LogP contribution in [0.1, 0.15) is 27.2 Å². The van der Waals surface area contributed by atoms with E-state index in [0.29, 0.717) is 13.1 Å². The number of amides is 1. The second-order valence-corrected chi connectivity index (χ2v) is 6.47. The number of ether oxygens (including phenoxy) is 1. The Balaban J connectivity index is 1.89. The van der Waals surface area contributed by atoms with Crippen LogP contribution in [0.3, 0.4) is 0 Å². The summed E-state index contributed by atoms with van der Waals surface area (Å²) < 4.78 is 5.39. The topological polar surface area (TPSA) is 49.9 Å².